The minimum atomic E-state index is -0.317. The Morgan fingerprint density at radius 3 is 2.71 bits per heavy atom. The molecule has 2 aliphatic rings. The molecule has 0 bridgehead atoms. The Morgan fingerprint density at radius 2 is 2.03 bits per heavy atom. The van der Waals surface area contributed by atoms with Crippen LogP contribution in [-0.2, 0) is 6.54 Å². The van der Waals surface area contributed by atoms with Crippen LogP contribution in [0.4, 0.5) is 4.39 Å². The Morgan fingerprint density at radius 1 is 1.26 bits per heavy atom. The van der Waals surface area contributed by atoms with Crippen LogP contribution in [0.3, 0.4) is 0 Å². The van der Waals surface area contributed by atoms with Crippen molar-refractivity contribution in [2.75, 3.05) is 13.7 Å². The van der Waals surface area contributed by atoms with Gasteiger partial charge in [0.25, 0.3) is 0 Å². The van der Waals surface area contributed by atoms with Gasteiger partial charge in [0.2, 0.25) is 0 Å². The van der Waals surface area contributed by atoms with Crippen LogP contribution in [0, 0.1) is 11.7 Å². The van der Waals surface area contributed by atoms with Gasteiger partial charge in [0, 0.05) is 13.2 Å². The first-order valence-electron chi connectivity index (χ1n) is 11.1. The zero-order chi connectivity index (χ0) is 20.9. The van der Waals surface area contributed by atoms with E-state index in [2.05, 4.69) is 32.6 Å². The number of ether oxygens (including phenoxy) is 1. The van der Waals surface area contributed by atoms with E-state index < -0.39 is 0 Å². The fraction of sp³-hybridized carbons (Fsp3) is 0.565. The highest BCUT2D eigenvalue weighted by molar-refractivity contribution is 14.0. The first kappa shape index (κ1) is 23.8. The average Bonchev–Trinajstić information content (AvgIpc) is 3.21. The quantitative estimate of drug-likeness (QED) is 0.282. The van der Waals surface area contributed by atoms with Gasteiger partial charge < -0.3 is 15.4 Å². The molecule has 0 saturated heterocycles. The highest BCUT2D eigenvalue weighted by Gasteiger charge is 2.22. The third-order valence-corrected chi connectivity index (χ3v) is 6.00. The Bertz CT molecular complexity index is 877. The van der Waals surface area contributed by atoms with Crippen LogP contribution >= 0.6 is 24.0 Å². The number of rotatable bonds is 8. The molecule has 0 aliphatic heterocycles. The molecule has 0 amide bonds. The molecule has 2 aliphatic carbocycles. The summed E-state index contributed by atoms with van der Waals surface area (Å²) in [6.07, 6.45) is 9.47. The second-order valence-electron chi connectivity index (χ2n) is 8.46. The number of nitrogens with one attached hydrogen (secondary N) is 2. The van der Waals surface area contributed by atoms with Gasteiger partial charge in [0.1, 0.15) is 0 Å². The number of benzene rings is 1. The molecule has 2 saturated carbocycles. The molecule has 1 atom stereocenters. The van der Waals surface area contributed by atoms with Gasteiger partial charge in [0.15, 0.2) is 17.5 Å². The summed E-state index contributed by atoms with van der Waals surface area (Å²) in [5.74, 6) is 1.27. The molecule has 1 unspecified atom stereocenters. The summed E-state index contributed by atoms with van der Waals surface area (Å²) in [6.45, 7) is 3.19. The van der Waals surface area contributed by atoms with Crippen molar-refractivity contribution < 1.29 is 9.13 Å². The van der Waals surface area contributed by atoms with Crippen molar-refractivity contribution in [2.45, 2.75) is 64.1 Å². The van der Waals surface area contributed by atoms with E-state index in [1.165, 1.54) is 44.6 Å². The van der Waals surface area contributed by atoms with E-state index in [0.717, 1.165) is 11.3 Å². The number of aromatic nitrogens is 2. The van der Waals surface area contributed by atoms with Gasteiger partial charge in [-0.1, -0.05) is 18.9 Å². The first-order chi connectivity index (χ1) is 14.6. The largest absolute Gasteiger partial charge is 0.490 e. The number of nitrogens with zero attached hydrogens (tertiary/aromatic N) is 3. The molecule has 170 valence electrons. The summed E-state index contributed by atoms with van der Waals surface area (Å²) < 4.78 is 22.1. The predicted octanol–water partition coefficient (Wildman–Crippen LogP) is 4.97. The zero-order valence-corrected chi connectivity index (χ0v) is 20.6. The van der Waals surface area contributed by atoms with Crippen molar-refractivity contribution in [3.05, 3.63) is 47.5 Å². The lowest BCUT2D eigenvalue weighted by atomic mass is 10.1. The molecule has 1 aromatic carbocycles. The standard InChI is InChI=1S/C23H32FN5O.HI/c1-16(18-9-10-22(21(24)13-18)30-15-17-7-8-17)27-23(25-2)26-14-19-11-12-29(28-19)20-5-3-4-6-20;/h9-13,16-17,20H,3-8,14-15H2,1-2H3,(H2,25,26,27);1H. The number of hydrogen-bond acceptors (Lipinski definition) is 3. The summed E-state index contributed by atoms with van der Waals surface area (Å²) in [5, 5.41) is 11.3. The van der Waals surface area contributed by atoms with Crippen molar-refractivity contribution in [1.29, 1.82) is 0 Å². The zero-order valence-electron chi connectivity index (χ0n) is 18.3. The van der Waals surface area contributed by atoms with E-state index in [1.807, 2.05) is 13.0 Å². The van der Waals surface area contributed by atoms with E-state index >= 15 is 0 Å². The number of guanidine groups is 1. The molecule has 2 N–H and O–H groups in total. The summed E-state index contributed by atoms with van der Waals surface area (Å²) >= 11 is 0. The lowest BCUT2D eigenvalue weighted by molar-refractivity contribution is 0.285. The van der Waals surface area contributed by atoms with Crippen LogP contribution in [0.25, 0.3) is 0 Å². The summed E-state index contributed by atoms with van der Waals surface area (Å²) in [4.78, 5) is 4.29. The van der Waals surface area contributed by atoms with E-state index in [4.69, 9.17) is 9.84 Å². The maximum atomic E-state index is 14.4. The van der Waals surface area contributed by atoms with Crippen LogP contribution in [0.15, 0.2) is 35.5 Å². The topological polar surface area (TPSA) is 63.5 Å². The highest BCUT2D eigenvalue weighted by Crippen LogP contribution is 2.31. The lowest BCUT2D eigenvalue weighted by Gasteiger charge is -2.19. The van der Waals surface area contributed by atoms with Crippen LogP contribution in [0.1, 0.15) is 68.8 Å². The van der Waals surface area contributed by atoms with E-state index in [9.17, 15) is 4.39 Å². The van der Waals surface area contributed by atoms with Gasteiger partial charge in [-0.3, -0.25) is 9.67 Å². The van der Waals surface area contributed by atoms with Crippen LogP contribution < -0.4 is 15.4 Å². The number of halogens is 2. The van der Waals surface area contributed by atoms with Crippen molar-refractivity contribution in [3.8, 4) is 5.75 Å². The summed E-state index contributed by atoms with van der Waals surface area (Å²) in [6, 6.07) is 7.66. The average molecular weight is 541 g/mol. The minimum Gasteiger partial charge on any atom is -0.490 e. The minimum absolute atomic E-state index is 0. The Hall–Kier alpha value is -1.84. The normalized spacial score (nSPS) is 17.8. The molecule has 0 spiro atoms. The number of aliphatic imine (C=N–C) groups is 1. The van der Waals surface area contributed by atoms with Crippen molar-refractivity contribution in [1.82, 2.24) is 20.4 Å². The fourth-order valence-corrected chi connectivity index (χ4v) is 3.90. The first-order valence-corrected chi connectivity index (χ1v) is 11.1. The van der Waals surface area contributed by atoms with Gasteiger partial charge >= 0.3 is 0 Å². The highest BCUT2D eigenvalue weighted by atomic mass is 127. The van der Waals surface area contributed by atoms with Crippen LogP contribution in [0.5, 0.6) is 5.75 Å². The number of hydrogen-bond donors (Lipinski definition) is 2. The molecule has 6 nitrogen and oxygen atoms in total. The molecular weight excluding hydrogens is 508 g/mol. The summed E-state index contributed by atoms with van der Waals surface area (Å²) in [7, 11) is 1.73. The SMILES string of the molecule is CN=C(NCc1ccn(C2CCCC2)n1)NC(C)c1ccc(OCC2CC2)c(F)c1.I. The molecule has 0 radical (unpaired) electrons. The van der Waals surface area contributed by atoms with Crippen LogP contribution in [-0.4, -0.2) is 29.4 Å². The van der Waals surface area contributed by atoms with Crippen molar-refractivity contribution in [3.63, 3.8) is 0 Å². The molecule has 1 aromatic heterocycles. The second kappa shape index (κ2) is 11.2. The molecule has 2 aromatic rings. The Balaban J connectivity index is 0.00000272. The van der Waals surface area contributed by atoms with E-state index in [-0.39, 0.29) is 35.8 Å². The third-order valence-electron chi connectivity index (χ3n) is 6.00. The second-order valence-corrected chi connectivity index (χ2v) is 8.46. The maximum absolute atomic E-state index is 14.4. The van der Waals surface area contributed by atoms with E-state index in [0.29, 0.717) is 36.8 Å². The third kappa shape index (κ3) is 6.57. The molecular formula is C23H33FIN5O. The van der Waals surface area contributed by atoms with Gasteiger partial charge in [-0.15, -0.1) is 24.0 Å². The molecule has 2 fully saturated rings. The van der Waals surface area contributed by atoms with Gasteiger partial charge in [-0.2, -0.15) is 5.10 Å². The smallest absolute Gasteiger partial charge is 0.191 e. The Kier molecular flexibility index (Phi) is 8.57. The van der Waals surface area contributed by atoms with Gasteiger partial charge in [-0.25, -0.2) is 4.39 Å². The lowest BCUT2D eigenvalue weighted by Crippen LogP contribution is -2.38. The van der Waals surface area contributed by atoms with E-state index in [1.54, 1.807) is 13.1 Å². The molecule has 1 heterocycles. The maximum Gasteiger partial charge on any atom is 0.191 e. The molecule has 31 heavy (non-hydrogen) atoms. The van der Waals surface area contributed by atoms with Crippen LogP contribution in [0.2, 0.25) is 0 Å². The van der Waals surface area contributed by atoms with Gasteiger partial charge in [-0.05, 0) is 62.3 Å². The fourth-order valence-electron chi connectivity index (χ4n) is 3.90. The van der Waals surface area contributed by atoms with Crippen molar-refractivity contribution >= 4 is 29.9 Å². The predicted molar refractivity (Wildman–Crippen MR) is 132 cm³/mol. The summed E-state index contributed by atoms with van der Waals surface area (Å²) in [5.41, 5.74) is 1.83. The molecule has 4 rings (SSSR count). The molecule has 8 heteroatoms. The van der Waals surface area contributed by atoms with Crippen molar-refractivity contribution in [2.24, 2.45) is 10.9 Å². The van der Waals surface area contributed by atoms with Gasteiger partial charge in [0.05, 0.1) is 30.9 Å². The monoisotopic (exact) mass is 541 g/mol. The Labute approximate surface area is 201 Å².